The third-order valence-corrected chi connectivity index (χ3v) is 7.07. The maximum atomic E-state index is 15.0. The second-order valence-corrected chi connectivity index (χ2v) is 9.70. The van der Waals surface area contributed by atoms with E-state index in [-0.39, 0.29) is 24.1 Å². The fourth-order valence-electron chi connectivity index (χ4n) is 4.97. The van der Waals surface area contributed by atoms with Crippen LogP contribution >= 0.6 is 0 Å². The van der Waals surface area contributed by atoms with Crippen molar-refractivity contribution in [1.29, 1.82) is 0 Å². The molecular formula is C29H32FN5O2. The highest BCUT2D eigenvalue weighted by molar-refractivity contribution is 5.86. The van der Waals surface area contributed by atoms with Gasteiger partial charge in [-0.3, -0.25) is 9.69 Å². The minimum absolute atomic E-state index is 0.109. The van der Waals surface area contributed by atoms with Crippen LogP contribution in [0.4, 0.5) is 4.39 Å². The van der Waals surface area contributed by atoms with Crippen molar-refractivity contribution in [3.8, 4) is 11.5 Å². The van der Waals surface area contributed by atoms with Crippen LogP contribution < -0.4 is 10.5 Å². The van der Waals surface area contributed by atoms with Crippen molar-refractivity contribution < 1.29 is 13.9 Å². The summed E-state index contributed by atoms with van der Waals surface area (Å²) in [4.78, 5) is 24.7. The monoisotopic (exact) mass is 501 g/mol. The number of H-pyrrole nitrogens is 1. The van der Waals surface area contributed by atoms with E-state index in [0.29, 0.717) is 30.0 Å². The Hall–Kier alpha value is -3.75. The van der Waals surface area contributed by atoms with Gasteiger partial charge in [-0.1, -0.05) is 36.4 Å². The molecule has 3 heterocycles. The van der Waals surface area contributed by atoms with Crippen LogP contribution in [0.25, 0.3) is 11.0 Å². The van der Waals surface area contributed by atoms with Crippen LogP contribution in [0.15, 0.2) is 72.6 Å². The lowest BCUT2D eigenvalue weighted by molar-refractivity contribution is -0.134. The van der Waals surface area contributed by atoms with Gasteiger partial charge < -0.3 is 20.4 Å². The average Bonchev–Trinajstić information content (AvgIpc) is 3.09. The van der Waals surface area contributed by atoms with Crippen molar-refractivity contribution in [3.63, 3.8) is 0 Å². The van der Waals surface area contributed by atoms with Gasteiger partial charge in [0.15, 0.2) is 11.6 Å². The molecule has 1 aliphatic heterocycles. The zero-order valence-electron chi connectivity index (χ0n) is 21.2. The first-order valence-corrected chi connectivity index (χ1v) is 12.6. The van der Waals surface area contributed by atoms with Crippen molar-refractivity contribution in [2.75, 3.05) is 26.7 Å². The smallest absolute Gasteiger partial charge is 0.239 e. The maximum absolute atomic E-state index is 15.0. The van der Waals surface area contributed by atoms with Crippen molar-refractivity contribution in [3.05, 3.63) is 89.6 Å². The number of aromatic amines is 1. The number of benzene rings is 1. The Bertz CT molecular complexity index is 1390. The number of pyridine rings is 1. The Morgan fingerprint density at radius 1 is 1.27 bits per heavy atom. The zero-order valence-corrected chi connectivity index (χ0v) is 21.2. The Kier molecular flexibility index (Phi) is 7.21. The number of carbonyl (C=O) groups is 1. The molecule has 1 unspecified atom stereocenters. The summed E-state index contributed by atoms with van der Waals surface area (Å²) in [5.74, 6) is 0.0169. The molecule has 37 heavy (non-hydrogen) atoms. The fraction of sp³-hybridized carbons (Fsp3) is 0.310. The number of halogens is 1. The molecule has 0 radical (unpaired) electrons. The van der Waals surface area contributed by atoms with E-state index in [4.69, 9.17) is 10.5 Å². The first kappa shape index (κ1) is 24.9. The van der Waals surface area contributed by atoms with Crippen LogP contribution in [-0.4, -0.2) is 64.4 Å². The second-order valence-electron chi connectivity index (χ2n) is 9.70. The number of carbonyl (C=O) groups excluding carboxylic acids is 1. The number of hydrogen-bond donors (Lipinski definition) is 2. The summed E-state index contributed by atoms with van der Waals surface area (Å²) in [7, 11) is 2.08. The molecule has 1 aromatic carbocycles. The van der Waals surface area contributed by atoms with Gasteiger partial charge in [0.1, 0.15) is 11.4 Å². The van der Waals surface area contributed by atoms with Gasteiger partial charge in [0, 0.05) is 32.0 Å². The summed E-state index contributed by atoms with van der Waals surface area (Å²) in [6.07, 6.45) is 15.2. The van der Waals surface area contributed by atoms with E-state index in [1.54, 1.807) is 24.4 Å². The van der Waals surface area contributed by atoms with Crippen LogP contribution in [0.1, 0.15) is 17.5 Å². The van der Waals surface area contributed by atoms with Crippen LogP contribution in [0.5, 0.6) is 11.5 Å². The third-order valence-electron chi connectivity index (χ3n) is 7.07. The lowest BCUT2D eigenvalue weighted by Gasteiger charge is -2.41. The molecule has 0 bridgehead atoms. The number of fused-ring (bicyclic) bond motifs is 1. The van der Waals surface area contributed by atoms with Crippen molar-refractivity contribution in [2.45, 2.75) is 31.8 Å². The molecule has 0 saturated carbocycles. The first-order chi connectivity index (χ1) is 17.9. The summed E-state index contributed by atoms with van der Waals surface area (Å²) < 4.78 is 20.9. The topological polar surface area (TPSA) is 87.5 Å². The predicted molar refractivity (Wildman–Crippen MR) is 143 cm³/mol. The van der Waals surface area contributed by atoms with E-state index in [0.717, 1.165) is 23.9 Å². The van der Waals surface area contributed by atoms with Gasteiger partial charge in [0.05, 0.1) is 17.5 Å². The van der Waals surface area contributed by atoms with E-state index < -0.39 is 11.9 Å². The molecular weight excluding hydrogens is 469 g/mol. The lowest BCUT2D eigenvalue weighted by Crippen LogP contribution is -2.57. The molecule has 192 valence electrons. The number of likely N-dealkylation sites (N-methyl/N-ethyl adjacent to an activating group) is 1. The summed E-state index contributed by atoms with van der Waals surface area (Å²) in [5, 5.41) is 0.815. The molecule has 8 heteroatoms. The number of nitrogens with one attached hydrogen (secondary N) is 1. The van der Waals surface area contributed by atoms with Gasteiger partial charge in [0.25, 0.3) is 0 Å². The molecule has 1 amide bonds. The third kappa shape index (κ3) is 5.35. The van der Waals surface area contributed by atoms with Crippen molar-refractivity contribution in [2.24, 2.45) is 5.73 Å². The van der Waals surface area contributed by atoms with E-state index in [1.807, 2.05) is 18.0 Å². The molecule has 1 fully saturated rings. The Labute approximate surface area is 216 Å². The standard InChI is InChI=1S/C29H32FN5O2/c1-19-17-33-28-27(19)26(11-12-32-28)37-25-10-9-20(15-22(25)30)16-23(31)29(36)35-14-13-34(2)24(18-35)21-7-5-3-4-6-8-21/h3,5-12,15,17,23-24H,4,13-14,16,18,31H2,1-2H3,(H,32,33)/t23-,24?/m0/s1. The average molecular weight is 502 g/mol. The number of amides is 1. The number of allylic oxidation sites excluding steroid dienone is 4. The Morgan fingerprint density at radius 2 is 2.14 bits per heavy atom. The minimum atomic E-state index is -0.754. The number of hydrogen-bond acceptors (Lipinski definition) is 5. The number of nitrogens with zero attached hydrogens (tertiary/aromatic N) is 3. The number of nitrogens with two attached hydrogens (primary N) is 1. The SMILES string of the molecule is Cc1c[nH]c2nccc(Oc3ccc(C[C@H](N)C(=O)N4CCN(C)C(C5=CC=CCC=C5)C4)cc3F)c12. The molecule has 7 nitrogen and oxygen atoms in total. The maximum Gasteiger partial charge on any atom is 0.239 e. The molecule has 2 aliphatic rings. The Morgan fingerprint density at radius 3 is 2.97 bits per heavy atom. The molecule has 1 aliphatic carbocycles. The molecule has 0 spiro atoms. The quantitative estimate of drug-likeness (QED) is 0.527. The molecule has 1 saturated heterocycles. The van der Waals surface area contributed by atoms with Crippen molar-refractivity contribution >= 4 is 16.9 Å². The van der Waals surface area contributed by atoms with E-state index in [9.17, 15) is 9.18 Å². The minimum Gasteiger partial charge on any atom is -0.453 e. The molecule has 2 atom stereocenters. The molecule has 2 aromatic heterocycles. The molecule has 3 aromatic rings. The van der Waals surface area contributed by atoms with Gasteiger partial charge >= 0.3 is 0 Å². The Balaban J connectivity index is 1.25. The summed E-state index contributed by atoms with van der Waals surface area (Å²) in [5.41, 5.74) is 9.81. The molecule has 5 rings (SSSR count). The number of ether oxygens (including phenoxy) is 1. The highest BCUT2D eigenvalue weighted by Gasteiger charge is 2.31. The lowest BCUT2D eigenvalue weighted by atomic mass is 10.00. The van der Waals surface area contributed by atoms with E-state index >= 15 is 0 Å². The second kappa shape index (κ2) is 10.7. The molecule has 3 N–H and O–H groups in total. The van der Waals surface area contributed by atoms with Gasteiger partial charge in [-0.2, -0.15) is 0 Å². The van der Waals surface area contributed by atoms with Gasteiger partial charge in [0.2, 0.25) is 5.91 Å². The van der Waals surface area contributed by atoms with Crippen LogP contribution in [-0.2, 0) is 11.2 Å². The first-order valence-electron chi connectivity index (χ1n) is 12.6. The van der Waals surface area contributed by atoms with Crippen molar-refractivity contribution in [1.82, 2.24) is 19.8 Å². The van der Waals surface area contributed by atoms with Crippen LogP contribution in [0, 0.1) is 12.7 Å². The largest absolute Gasteiger partial charge is 0.453 e. The highest BCUT2D eigenvalue weighted by Crippen LogP contribution is 2.32. The van der Waals surface area contributed by atoms with Gasteiger partial charge in [-0.25, -0.2) is 9.37 Å². The number of piperazine rings is 1. The number of rotatable bonds is 6. The summed E-state index contributed by atoms with van der Waals surface area (Å²) in [6.45, 7) is 3.90. The van der Waals surface area contributed by atoms with E-state index in [2.05, 4.69) is 52.3 Å². The normalized spacial score (nSPS) is 19.1. The summed E-state index contributed by atoms with van der Waals surface area (Å²) in [6, 6.07) is 5.81. The van der Waals surface area contributed by atoms with Gasteiger partial charge in [-0.15, -0.1) is 0 Å². The van der Waals surface area contributed by atoms with E-state index in [1.165, 1.54) is 11.6 Å². The fourth-order valence-corrected chi connectivity index (χ4v) is 4.97. The highest BCUT2D eigenvalue weighted by atomic mass is 19.1. The van der Waals surface area contributed by atoms with Crippen LogP contribution in [0.2, 0.25) is 0 Å². The predicted octanol–water partition coefficient (Wildman–Crippen LogP) is 4.26. The van der Waals surface area contributed by atoms with Crippen LogP contribution in [0.3, 0.4) is 0 Å². The van der Waals surface area contributed by atoms with Gasteiger partial charge in [-0.05, 0) is 61.7 Å². The number of aryl methyl sites for hydroxylation is 1. The number of aromatic nitrogens is 2. The zero-order chi connectivity index (χ0) is 25.9. The summed E-state index contributed by atoms with van der Waals surface area (Å²) >= 11 is 0.